The van der Waals surface area contributed by atoms with Crippen LogP contribution in [0.2, 0.25) is 0 Å². The van der Waals surface area contributed by atoms with Crippen molar-refractivity contribution in [1.29, 1.82) is 0 Å². The molecule has 0 radical (unpaired) electrons. The zero-order valence-corrected chi connectivity index (χ0v) is 21.9. The number of halogens is 2. The second kappa shape index (κ2) is 10.1. The van der Waals surface area contributed by atoms with Crippen LogP contribution in [-0.4, -0.2) is 29.4 Å². The van der Waals surface area contributed by atoms with E-state index in [0.717, 1.165) is 11.0 Å². The number of benzene rings is 1. The Morgan fingerprint density at radius 2 is 1.89 bits per heavy atom. The molecule has 1 aromatic carbocycles. The molecular formula is C25H28F2N6O4S. The number of nitrogens with one attached hydrogen (secondary N) is 3. The first-order chi connectivity index (χ1) is 17.8. The first-order valence-electron chi connectivity index (χ1n) is 11.8. The maximum Gasteiger partial charge on any atom is 0.300 e. The van der Waals surface area contributed by atoms with Crippen molar-refractivity contribution in [3.8, 4) is 0 Å². The molecule has 4 rings (SSSR count). The largest absolute Gasteiger partial charge is 0.365 e. The molecule has 0 atom stereocenters. The van der Waals surface area contributed by atoms with Crippen molar-refractivity contribution >= 4 is 33.4 Å². The van der Waals surface area contributed by atoms with Crippen LogP contribution in [0.5, 0.6) is 0 Å². The number of carbonyl (C=O) groups is 1. The Morgan fingerprint density at radius 1 is 1.18 bits per heavy atom. The Labute approximate surface area is 218 Å². The maximum absolute atomic E-state index is 15.3. The number of pyridine rings is 2. The monoisotopic (exact) mass is 546 g/mol. The number of rotatable bonds is 9. The van der Waals surface area contributed by atoms with Crippen molar-refractivity contribution in [3.63, 3.8) is 0 Å². The predicted molar refractivity (Wildman–Crippen MR) is 140 cm³/mol. The number of hydrogen-bond donors (Lipinski definition) is 4. The van der Waals surface area contributed by atoms with Crippen LogP contribution in [0.15, 0.2) is 41.3 Å². The Hall–Kier alpha value is -3.84. The number of aromatic nitrogens is 2. The standard InChI is InChI=1S/C25H28F2N6O4S/c1-14-5-6-19(18(26)11-14)30-23-17(21(28)34)13-16(24(35)33(23)3)12-15-7-10-29-22(20(15)27)31-38(36,37)32-25(2)8-4-9-25/h5-7,10-11,13,30,32H,4,8-9,12H2,1-3H3,(H2,28,34)(H,29,31). The molecule has 202 valence electrons. The lowest BCUT2D eigenvalue weighted by Crippen LogP contribution is -2.52. The zero-order valence-electron chi connectivity index (χ0n) is 21.1. The van der Waals surface area contributed by atoms with Gasteiger partial charge in [0.15, 0.2) is 11.6 Å². The van der Waals surface area contributed by atoms with Crippen LogP contribution in [0, 0.1) is 18.6 Å². The summed E-state index contributed by atoms with van der Waals surface area (Å²) in [4.78, 5) is 29.2. The van der Waals surface area contributed by atoms with E-state index in [-0.39, 0.29) is 34.6 Å². The molecule has 13 heteroatoms. The van der Waals surface area contributed by atoms with Gasteiger partial charge in [0.1, 0.15) is 11.6 Å². The van der Waals surface area contributed by atoms with Gasteiger partial charge < -0.3 is 11.1 Å². The average Bonchev–Trinajstić information content (AvgIpc) is 2.81. The second-order valence-corrected chi connectivity index (χ2v) is 11.1. The number of amides is 1. The van der Waals surface area contributed by atoms with Crippen LogP contribution in [0.3, 0.4) is 0 Å². The summed E-state index contributed by atoms with van der Waals surface area (Å²) in [7, 11) is -2.75. The van der Waals surface area contributed by atoms with Gasteiger partial charge in [-0.2, -0.15) is 13.1 Å². The van der Waals surface area contributed by atoms with Gasteiger partial charge in [-0.15, -0.1) is 0 Å². The molecule has 10 nitrogen and oxygen atoms in total. The number of anilines is 3. The highest BCUT2D eigenvalue weighted by Crippen LogP contribution is 2.32. The first-order valence-corrected chi connectivity index (χ1v) is 13.3. The van der Waals surface area contributed by atoms with E-state index < -0.39 is 44.7 Å². The van der Waals surface area contributed by atoms with Crippen molar-refractivity contribution in [1.82, 2.24) is 14.3 Å². The maximum atomic E-state index is 15.3. The number of hydrogen-bond acceptors (Lipinski definition) is 6. The van der Waals surface area contributed by atoms with E-state index in [4.69, 9.17) is 5.73 Å². The van der Waals surface area contributed by atoms with Crippen molar-refractivity contribution in [2.24, 2.45) is 12.8 Å². The summed E-state index contributed by atoms with van der Waals surface area (Å²) >= 11 is 0. The fourth-order valence-electron chi connectivity index (χ4n) is 4.30. The summed E-state index contributed by atoms with van der Waals surface area (Å²) in [5.74, 6) is -3.02. The molecule has 2 aromatic heterocycles. The van der Waals surface area contributed by atoms with E-state index in [0.29, 0.717) is 18.4 Å². The van der Waals surface area contributed by atoms with E-state index in [9.17, 15) is 22.4 Å². The second-order valence-electron chi connectivity index (χ2n) is 9.70. The third-order valence-electron chi connectivity index (χ3n) is 6.55. The molecule has 2 heterocycles. The summed E-state index contributed by atoms with van der Waals surface area (Å²) in [5.41, 5.74) is 4.92. The lowest BCUT2D eigenvalue weighted by Gasteiger charge is -2.38. The molecular weight excluding hydrogens is 518 g/mol. The Morgan fingerprint density at radius 3 is 2.50 bits per heavy atom. The quantitative estimate of drug-likeness (QED) is 0.324. The van der Waals surface area contributed by atoms with Gasteiger partial charge in [0.2, 0.25) is 0 Å². The molecule has 0 aliphatic heterocycles. The van der Waals surface area contributed by atoms with Crippen molar-refractivity contribution in [3.05, 3.63) is 80.8 Å². The van der Waals surface area contributed by atoms with Crippen LogP contribution in [0.1, 0.15) is 53.2 Å². The normalized spacial score (nSPS) is 14.6. The molecule has 1 saturated carbocycles. The van der Waals surface area contributed by atoms with Crippen molar-refractivity contribution < 1.29 is 22.0 Å². The predicted octanol–water partition coefficient (Wildman–Crippen LogP) is 2.99. The summed E-state index contributed by atoms with van der Waals surface area (Å²) in [6.45, 7) is 3.47. The van der Waals surface area contributed by atoms with Gasteiger partial charge in [-0.05, 0) is 68.5 Å². The third-order valence-corrected chi connectivity index (χ3v) is 7.77. The highest BCUT2D eigenvalue weighted by atomic mass is 32.2. The average molecular weight is 547 g/mol. The molecule has 0 bridgehead atoms. The van der Waals surface area contributed by atoms with E-state index in [1.165, 1.54) is 37.5 Å². The van der Waals surface area contributed by atoms with Gasteiger partial charge in [-0.1, -0.05) is 6.07 Å². The Kier molecular flexibility index (Phi) is 7.26. The highest BCUT2D eigenvalue weighted by Gasteiger charge is 2.36. The van der Waals surface area contributed by atoms with Crippen LogP contribution in [0.25, 0.3) is 0 Å². The molecule has 0 unspecified atom stereocenters. The Balaban J connectivity index is 1.65. The van der Waals surface area contributed by atoms with Gasteiger partial charge in [0.25, 0.3) is 11.5 Å². The minimum absolute atomic E-state index is 0.00948. The first kappa shape index (κ1) is 27.2. The number of carbonyl (C=O) groups excluding carboxylic acids is 1. The number of nitrogens with zero attached hydrogens (tertiary/aromatic N) is 2. The van der Waals surface area contributed by atoms with Crippen molar-refractivity contribution in [2.75, 3.05) is 10.0 Å². The van der Waals surface area contributed by atoms with Gasteiger partial charge in [-0.3, -0.25) is 18.9 Å². The van der Waals surface area contributed by atoms with E-state index >= 15 is 4.39 Å². The van der Waals surface area contributed by atoms with Gasteiger partial charge >= 0.3 is 10.2 Å². The third kappa shape index (κ3) is 5.68. The van der Waals surface area contributed by atoms with Gasteiger partial charge in [-0.25, -0.2) is 13.8 Å². The summed E-state index contributed by atoms with van der Waals surface area (Å²) < 4.78 is 60.4. The van der Waals surface area contributed by atoms with E-state index in [1.54, 1.807) is 19.9 Å². The molecule has 3 aromatic rings. The van der Waals surface area contributed by atoms with Crippen LogP contribution in [-0.2, 0) is 23.7 Å². The smallest absolute Gasteiger partial charge is 0.300 e. The molecule has 0 spiro atoms. The minimum atomic E-state index is -4.11. The number of aryl methyl sites for hydroxylation is 1. The fourth-order valence-corrected chi connectivity index (χ4v) is 5.60. The van der Waals surface area contributed by atoms with Crippen molar-refractivity contribution in [2.45, 2.75) is 45.1 Å². The van der Waals surface area contributed by atoms with E-state index in [1.807, 2.05) is 0 Å². The molecule has 5 N–H and O–H groups in total. The van der Waals surface area contributed by atoms with Crippen LogP contribution >= 0.6 is 0 Å². The van der Waals surface area contributed by atoms with Gasteiger partial charge in [0.05, 0.1) is 11.3 Å². The molecule has 1 fully saturated rings. The number of nitrogens with two attached hydrogens (primary N) is 1. The topological polar surface area (TPSA) is 148 Å². The number of primary amides is 1. The SMILES string of the molecule is Cc1ccc(Nc2c(C(N)=O)cc(Cc3ccnc(NS(=O)(=O)NC4(C)CCC4)c3F)c(=O)n2C)c(F)c1. The molecule has 0 saturated heterocycles. The summed E-state index contributed by atoms with van der Waals surface area (Å²) in [5, 5.41) is 2.74. The molecule has 1 aliphatic rings. The fraction of sp³-hybridized carbons (Fsp3) is 0.320. The summed E-state index contributed by atoms with van der Waals surface area (Å²) in [6, 6.07) is 6.91. The Bertz CT molecular complexity index is 1590. The van der Waals surface area contributed by atoms with E-state index in [2.05, 4.69) is 19.7 Å². The zero-order chi connectivity index (χ0) is 27.8. The lowest BCUT2D eigenvalue weighted by molar-refractivity contribution is 0.100. The molecule has 1 amide bonds. The summed E-state index contributed by atoms with van der Waals surface area (Å²) in [6.07, 6.45) is 3.13. The highest BCUT2D eigenvalue weighted by molar-refractivity contribution is 7.90. The van der Waals surface area contributed by atoms with Crippen LogP contribution in [0.4, 0.5) is 26.1 Å². The lowest BCUT2D eigenvalue weighted by atomic mass is 9.80. The van der Waals surface area contributed by atoms with Gasteiger partial charge in [0, 0.05) is 30.8 Å². The molecule has 38 heavy (non-hydrogen) atoms. The molecule has 1 aliphatic carbocycles. The van der Waals surface area contributed by atoms with Crippen LogP contribution < -0.4 is 26.1 Å². The minimum Gasteiger partial charge on any atom is -0.365 e.